The van der Waals surface area contributed by atoms with Crippen LogP contribution in [-0.4, -0.2) is 16.6 Å². The van der Waals surface area contributed by atoms with Gasteiger partial charge in [0.2, 0.25) is 0 Å². The largest absolute Gasteiger partial charge is 0.379 e. The zero-order chi connectivity index (χ0) is 20.6. The summed E-state index contributed by atoms with van der Waals surface area (Å²) in [6.07, 6.45) is 0. The maximum Gasteiger partial charge on any atom is 0.129 e. The number of hydrogen-bond acceptors (Lipinski definition) is 2. The molecule has 0 saturated heterocycles. The van der Waals surface area contributed by atoms with Gasteiger partial charge in [-0.2, -0.15) is 0 Å². The van der Waals surface area contributed by atoms with E-state index in [1.54, 1.807) is 0 Å². The van der Waals surface area contributed by atoms with Crippen molar-refractivity contribution in [1.29, 1.82) is 0 Å². The van der Waals surface area contributed by atoms with Gasteiger partial charge in [0.05, 0.1) is 0 Å². The van der Waals surface area contributed by atoms with Crippen LogP contribution in [0.2, 0.25) is 5.02 Å². The summed E-state index contributed by atoms with van der Waals surface area (Å²) >= 11 is 6.67. The second-order valence-corrected chi connectivity index (χ2v) is 9.50. The van der Waals surface area contributed by atoms with E-state index in [4.69, 9.17) is 11.6 Å². The fourth-order valence-corrected chi connectivity index (χ4v) is 4.53. The maximum absolute atomic E-state index is 12.1. The van der Waals surface area contributed by atoms with Gasteiger partial charge in [-0.1, -0.05) is 99.1 Å². The topological polar surface area (TPSA) is 23.5 Å². The third-order valence-corrected chi connectivity index (χ3v) is 6.17. The minimum atomic E-state index is -1.15. The third kappa shape index (κ3) is 3.98. The molecule has 1 aliphatic rings. The van der Waals surface area contributed by atoms with Crippen molar-refractivity contribution in [3.63, 3.8) is 0 Å². The Bertz CT molecular complexity index is 1010. The molecule has 1 unspecified atom stereocenters. The number of hydrogen-bond donors (Lipinski definition) is 1. The average Bonchev–Trinajstić information content (AvgIpc) is 2.68. The molecule has 1 atom stereocenters. The molecule has 0 radical (unpaired) electrons. The van der Waals surface area contributed by atoms with E-state index in [1.165, 1.54) is 11.1 Å². The lowest BCUT2D eigenvalue weighted by Gasteiger charge is -2.42. The first-order valence-electron chi connectivity index (χ1n) is 10.1. The summed E-state index contributed by atoms with van der Waals surface area (Å²) in [5, 5.41) is 12.7. The summed E-state index contributed by atoms with van der Waals surface area (Å²) in [6.45, 7) is 8.64. The van der Waals surface area contributed by atoms with Crippen molar-refractivity contribution < 1.29 is 5.11 Å². The van der Waals surface area contributed by atoms with Crippen molar-refractivity contribution in [3.8, 4) is 0 Å². The van der Waals surface area contributed by atoms with Gasteiger partial charge in [0, 0.05) is 30.2 Å². The van der Waals surface area contributed by atoms with Gasteiger partial charge in [0.25, 0.3) is 0 Å². The predicted octanol–water partition coefficient (Wildman–Crippen LogP) is 5.89. The van der Waals surface area contributed by atoms with Crippen molar-refractivity contribution in [2.75, 3.05) is 6.54 Å². The molecule has 0 bridgehead atoms. The summed E-state index contributed by atoms with van der Waals surface area (Å²) < 4.78 is 0. The number of rotatable bonds is 3. The molecule has 1 aliphatic heterocycles. The molecular weight excluding hydrogens is 378 g/mol. The highest BCUT2D eigenvalue weighted by molar-refractivity contribution is 6.31. The van der Waals surface area contributed by atoms with Crippen molar-refractivity contribution in [1.82, 2.24) is 4.90 Å². The molecule has 3 aromatic carbocycles. The van der Waals surface area contributed by atoms with Gasteiger partial charge in [0.15, 0.2) is 0 Å². The standard InChI is InChI=1S/C26H28ClNO/c1-25(2,3)21-13-14-24(27)23(15-21)26(29)18-28(16-19-9-5-4-6-10-19)17-20-11-7-8-12-22(20)26/h4-15,29H,16-18H2,1-3H3. The molecule has 3 aromatic rings. The Labute approximate surface area is 178 Å². The Kier molecular flexibility index (Phi) is 5.29. The zero-order valence-corrected chi connectivity index (χ0v) is 18.1. The summed E-state index contributed by atoms with van der Waals surface area (Å²) in [6, 6.07) is 24.7. The van der Waals surface area contributed by atoms with Gasteiger partial charge in [-0.15, -0.1) is 0 Å². The van der Waals surface area contributed by atoms with Crippen LogP contribution in [0.3, 0.4) is 0 Å². The van der Waals surface area contributed by atoms with Crippen molar-refractivity contribution in [2.24, 2.45) is 0 Å². The molecule has 29 heavy (non-hydrogen) atoms. The first kappa shape index (κ1) is 20.2. The van der Waals surface area contributed by atoms with E-state index >= 15 is 0 Å². The lowest BCUT2D eigenvalue weighted by molar-refractivity contribution is 0.0154. The zero-order valence-electron chi connectivity index (χ0n) is 17.3. The molecule has 0 aromatic heterocycles. The normalized spacial score (nSPS) is 19.8. The Morgan fingerprint density at radius 1 is 0.931 bits per heavy atom. The van der Waals surface area contributed by atoms with E-state index in [0.717, 1.165) is 29.8 Å². The Balaban J connectivity index is 1.80. The average molecular weight is 406 g/mol. The minimum Gasteiger partial charge on any atom is -0.379 e. The Hall–Kier alpha value is -2.13. The molecular formula is C26H28ClNO. The van der Waals surface area contributed by atoms with Crippen LogP contribution in [0.4, 0.5) is 0 Å². The smallest absolute Gasteiger partial charge is 0.129 e. The van der Waals surface area contributed by atoms with E-state index in [-0.39, 0.29) is 5.41 Å². The molecule has 0 spiro atoms. The van der Waals surface area contributed by atoms with Gasteiger partial charge in [-0.25, -0.2) is 0 Å². The molecule has 0 amide bonds. The van der Waals surface area contributed by atoms with Crippen molar-refractivity contribution in [3.05, 3.63) is 106 Å². The van der Waals surface area contributed by atoms with Gasteiger partial charge >= 0.3 is 0 Å². The quantitative estimate of drug-likeness (QED) is 0.587. The van der Waals surface area contributed by atoms with E-state index in [0.29, 0.717) is 11.6 Å². The number of halogens is 1. The van der Waals surface area contributed by atoms with Gasteiger partial charge < -0.3 is 5.11 Å². The monoisotopic (exact) mass is 405 g/mol. The molecule has 1 heterocycles. The maximum atomic E-state index is 12.1. The molecule has 0 fully saturated rings. The predicted molar refractivity (Wildman–Crippen MR) is 120 cm³/mol. The lowest BCUT2D eigenvalue weighted by Crippen LogP contribution is -2.46. The summed E-state index contributed by atoms with van der Waals surface area (Å²) in [5.74, 6) is 0. The number of β-amino-alcohol motifs (C(OH)–C–C–N with tert-alkyl or cyclic N) is 1. The van der Waals surface area contributed by atoms with Crippen LogP contribution in [0, 0.1) is 0 Å². The summed E-state index contributed by atoms with van der Waals surface area (Å²) in [5.41, 5.74) is 4.13. The van der Waals surface area contributed by atoms with Crippen LogP contribution in [-0.2, 0) is 24.1 Å². The number of nitrogens with zero attached hydrogens (tertiary/aromatic N) is 1. The van der Waals surface area contributed by atoms with Crippen LogP contribution in [0.25, 0.3) is 0 Å². The van der Waals surface area contributed by atoms with Crippen LogP contribution in [0.15, 0.2) is 72.8 Å². The van der Waals surface area contributed by atoms with Crippen LogP contribution in [0.5, 0.6) is 0 Å². The van der Waals surface area contributed by atoms with Gasteiger partial charge in [-0.05, 0) is 33.7 Å². The van der Waals surface area contributed by atoms with Gasteiger partial charge in [-0.3, -0.25) is 4.90 Å². The van der Waals surface area contributed by atoms with E-state index in [1.807, 2.05) is 30.3 Å². The van der Waals surface area contributed by atoms with Crippen LogP contribution < -0.4 is 0 Å². The molecule has 0 aliphatic carbocycles. The molecule has 150 valence electrons. The lowest BCUT2D eigenvalue weighted by atomic mass is 9.77. The summed E-state index contributed by atoms with van der Waals surface area (Å²) in [4.78, 5) is 2.30. The number of benzene rings is 3. The van der Waals surface area contributed by atoms with E-state index < -0.39 is 5.60 Å². The molecule has 2 nitrogen and oxygen atoms in total. The number of fused-ring (bicyclic) bond motifs is 1. The van der Waals surface area contributed by atoms with Crippen molar-refractivity contribution >= 4 is 11.6 Å². The molecule has 0 saturated carbocycles. The second-order valence-electron chi connectivity index (χ2n) is 9.09. The second kappa shape index (κ2) is 7.60. The Morgan fingerprint density at radius 3 is 2.34 bits per heavy atom. The van der Waals surface area contributed by atoms with Crippen LogP contribution >= 0.6 is 11.6 Å². The Morgan fingerprint density at radius 2 is 1.62 bits per heavy atom. The summed E-state index contributed by atoms with van der Waals surface area (Å²) in [7, 11) is 0. The molecule has 4 rings (SSSR count). The first-order valence-corrected chi connectivity index (χ1v) is 10.5. The highest BCUT2D eigenvalue weighted by Gasteiger charge is 2.41. The van der Waals surface area contributed by atoms with E-state index in [9.17, 15) is 5.11 Å². The van der Waals surface area contributed by atoms with E-state index in [2.05, 4.69) is 68.1 Å². The third-order valence-electron chi connectivity index (χ3n) is 5.84. The fraction of sp³-hybridized carbons (Fsp3) is 0.308. The van der Waals surface area contributed by atoms with Gasteiger partial charge in [0.1, 0.15) is 5.60 Å². The first-order chi connectivity index (χ1) is 13.8. The molecule has 3 heteroatoms. The fourth-order valence-electron chi connectivity index (χ4n) is 4.26. The number of aliphatic hydroxyl groups is 1. The van der Waals surface area contributed by atoms with Crippen LogP contribution in [0.1, 0.15) is 48.6 Å². The SMILES string of the molecule is CC(C)(C)c1ccc(Cl)c(C2(O)CN(Cc3ccccc3)Cc3ccccc32)c1. The highest BCUT2D eigenvalue weighted by atomic mass is 35.5. The highest BCUT2D eigenvalue weighted by Crippen LogP contribution is 2.42. The van der Waals surface area contributed by atoms with Crippen molar-refractivity contribution in [2.45, 2.75) is 44.9 Å². The molecule has 1 N–H and O–H groups in total. The minimum absolute atomic E-state index is 0.0202.